The van der Waals surface area contributed by atoms with E-state index in [0.717, 1.165) is 0 Å². The van der Waals surface area contributed by atoms with Gasteiger partial charge in [0.1, 0.15) is 12.6 Å². The highest BCUT2D eigenvalue weighted by molar-refractivity contribution is 5.91. The standard InChI is InChI=1S/C12H17F3N2O4/c1-11(2,10(20)21)5-8(18)16-7-3-4-17(9(7)19)6-12(13,14)15/h7H,3-6H2,1-2H3,(H,16,18)(H,20,21). The molecule has 120 valence electrons. The highest BCUT2D eigenvalue weighted by atomic mass is 19.4. The molecule has 1 saturated heterocycles. The molecule has 6 nitrogen and oxygen atoms in total. The first-order chi connectivity index (χ1) is 9.42. The molecule has 1 heterocycles. The van der Waals surface area contributed by atoms with Crippen molar-refractivity contribution in [3.8, 4) is 0 Å². The molecule has 0 aromatic heterocycles. The summed E-state index contributed by atoms with van der Waals surface area (Å²) in [6, 6.07) is -1.02. The molecular formula is C12H17F3N2O4. The number of nitrogens with zero attached hydrogens (tertiary/aromatic N) is 1. The summed E-state index contributed by atoms with van der Waals surface area (Å²) < 4.78 is 36.7. The van der Waals surface area contributed by atoms with Crippen LogP contribution in [0.25, 0.3) is 0 Å². The van der Waals surface area contributed by atoms with E-state index in [-0.39, 0.29) is 19.4 Å². The highest BCUT2D eigenvalue weighted by Gasteiger charge is 2.40. The molecule has 2 amide bonds. The fraction of sp³-hybridized carbons (Fsp3) is 0.750. The van der Waals surface area contributed by atoms with Gasteiger partial charge in [-0.05, 0) is 20.3 Å². The van der Waals surface area contributed by atoms with Gasteiger partial charge in [0, 0.05) is 13.0 Å². The third-order valence-electron chi connectivity index (χ3n) is 3.18. The summed E-state index contributed by atoms with van der Waals surface area (Å²) in [5.41, 5.74) is -1.31. The lowest BCUT2D eigenvalue weighted by Crippen LogP contribution is -2.45. The zero-order valence-corrected chi connectivity index (χ0v) is 11.7. The summed E-state index contributed by atoms with van der Waals surface area (Å²) >= 11 is 0. The monoisotopic (exact) mass is 310 g/mol. The van der Waals surface area contributed by atoms with Crippen LogP contribution in [0.15, 0.2) is 0 Å². The molecule has 9 heteroatoms. The van der Waals surface area contributed by atoms with Crippen LogP contribution in [0.3, 0.4) is 0 Å². The number of carboxylic acid groups (broad SMARTS) is 1. The zero-order valence-electron chi connectivity index (χ0n) is 11.7. The van der Waals surface area contributed by atoms with Crippen LogP contribution in [0.4, 0.5) is 13.2 Å². The maximum atomic E-state index is 12.2. The lowest BCUT2D eigenvalue weighted by Gasteiger charge is -2.21. The summed E-state index contributed by atoms with van der Waals surface area (Å²) in [6.07, 6.45) is -4.76. The second kappa shape index (κ2) is 5.90. The average Bonchev–Trinajstić information content (AvgIpc) is 2.58. The number of aliphatic carboxylic acids is 1. The van der Waals surface area contributed by atoms with Crippen molar-refractivity contribution >= 4 is 17.8 Å². The van der Waals surface area contributed by atoms with Crippen LogP contribution in [0.5, 0.6) is 0 Å². The van der Waals surface area contributed by atoms with E-state index in [2.05, 4.69) is 5.32 Å². The number of rotatable bonds is 5. The van der Waals surface area contributed by atoms with E-state index in [1.807, 2.05) is 0 Å². The number of carboxylic acids is 1. The maximum absolute atomic E-state index is 12.2. The molecule has 0 radical (unpaired) electrons. The van der Waals surface area contributed by atoms with Gasteiger partial charge < -0.3 is 15.3 Å². The molecule has 21 heavy (non-hydrogen) atoms. The largest absolute Gasteiger partial charge is 0.481 e. The Kier molecular flexibility index (Phi) is 4.85. The molecule has 0 bridgehead atoms. The van der Waals surface area contributed by atoms with Crippen LogP contribution in [0.2, 0.25) is 0 Å². The Morgan fingerprint density at radius 2 is 1.95 bits per heavy atom. The summed E-state index contributed by atoms with van der Waals surface area (Å²) in [5, 5.41) is 11.2. The van der Waals surface area contributed by atoms with Gasteiger partial charge in [-0.3, -0.25) is 14.4 Å². The molecule has 1 rings (SSSR count). The topological polar surface area (TPSA) is 86.7 Å². The van der Waals surface area contributed by atoms with Gasteiger partial charge in [-0.1, -0.05) is 0 Å². The molecule has 2 N–H and O–H groups in total. The number of carbonyl (C=O) groups is 3. The molecule has 0 aromatic rings. The quantitative estimate of drug-likeness (QED) is 0.785. The van der Waals surface area contributed by atoms with E-state index in [1.54, 1.807) is 0 Å². The van der Waals surface area contributed by atoms with E-state index in [4.69, 9.17) is 5.11 Å². The molecule has 1 aliphatic rings. The minimum atomic E-state index is -4.49. The van der Waals surface area contributed by atoms with Crippen LogP contribution >= 0.6 is 0 Å². The fourth-order valence-electron chi connectivity index (χ4n) is 1.97. The molecule has 0 aromatic carbocycles. The van der Waals surface area contributed by atoms with Gasteiger partial charge in [0.15, 0.2) is 0 Å². The zero-order chi connectivity index (χ0) is 16.4. The Balaban J connectivity index is 2.56. The molecule has 0 aliphatic carbocycles. The van der Waals surface area contributed by atoms with Crippen molar-refractivity contribution in [3.63, 3.8) is 0 Å². The first-order valence-corrected chi connectivity index (χ1v) is 6.31. The number of hydrogen-bond donors (Lipinski definition) is 2. The third kappa shape index (κ3) is 4.91. The minimum Gasteiger partial charge on any atom is -0.481 e. The van der Waals surface area contributed by atoms with Crippen molar-refractivity contribution in [3.05, 3.63) is 0 Å². The lowest BCUT2D eigenvalue weighted by atomic mass is 9.89. The Hall–Kier alpha value is -1.80. The van der Waals surface area contributed by atoms with Crippen molar-refractivity contribution in [2.24, 2.45) is 5.41 Å². The number of nitrogens with one attached hydrogen (secondary N) is 1. The molecule has 1 unspecified atom stereocenters. The summed E-state index contributed by atoms with van der Waals surface area (Å²) in [6.45, 7) is 1.26. The molecule has 1 atom stereocenters. The second-order valence-electron chi connectivity index (χ2n) is 5.65. The normalized spacial score (nSPS) is 19.8. The third-order valence-corrected chi connectivity index (χ3v) is 3.18. The number of halogens is 3. The summed E-state index contributed by atoms with van der Waals surface area (Å²) in [5.74, 6) is -2.64. The molecule has 0 spiro atoms. The smallest absolute Gasteiger partial charge is 0.406 e. The van der Waals surface area contributed by atoms with Gasteiger partial charge >= 0.3 is 12.1 Å². The van der Waals surface area contributed by atoms with E-state index in [0.29, 0.717) is 4.90 Å². The number of likely N-dealkylation sites (tertiary alicyclic amines) is 1. The van der Waals surface area contributed by atoms with Gasteiger partial charge in [-0.25, -0.2) is 0 Å². The van der Waals surface area contributed by atoms with E-state index in [9.17, 15) is 27.6 Å². The molecule has 0 saturated carbocycles. The highest BCUT2D eigenvalue weighted by Crippen LogP contribution is 2.23. The van der Waals surface area contributed by atoms with Crippen LogP contribution in [-0.4, -0.2) is 53.1 Å². The SMILES string of the molecule is CC(C)(CC(=O)NC1CCN(CC(F)(F)F)C1=O)C(=O)O. The van der Waals surface area contributed by atoms with Gasteiger partial charge in [0.25, 0.3) is 0 Å². The van der Waals surface area contributed by atoms with E-state index >= 15 is 0 Å². The molecular weight excluding hydrogens is 293 g/mol. The predicted molar refractivity (Wildman–Crippen MR) is 65.2 cm³/mol. The van der Waals surface area contributed by atoms with Gasteiger partial charge in [0.05, 0.1) is 5.41 Å². The Morgan fingerprint density at radius 1 is 1.38 bits per heavy atom. The van der Waals surface area contributed by atoms with Gasteiger partial charge in [0.2, 0.25) is 11.8 Å². The van der Waals surface area contributed by atoms with E-state index < -0.39 is 42.0 Å². The van der Waals surface area contributed by atoms with Crippen LogP contribution in [0, 0.1) is 5.41 Å². The lowest BCUT2D eigenvalue weighted by molar-refractivity contribution is -0.158. The second-order valence-corrected chi connectivity index (χ2v) is 5.65. The van der Waals surface area contributed by atoms with Crippen molar-refractivity contribution in [1.82, 2.24) is 10.2 Å². The number of carbonyl (C=O) groups excluding carboxylic acids is 2. The minimum absolute atomic E-state index is 0.0775. The van der Waals surface area contributed by atoms with Crippen LogP contribution in [-0.2, 0) is 14.4 Å². The van der Waals surface area contributed by atoms with E-state index in [1.165, 1.54) is 13.8 Å². The first-order valence-electron chi connectivity index (χ1n) is 6.31. The Labute approximate surface area is 119 Å². The van der Waals surface area contributed by atoms with Gasteiger partial charge in [-0.2, -0.15) is 13.2 Å². The van der Waals surface area contributed by atoms with Crippen molar-refractivity contribution < 1.29 is 32.7 Å². The number of hydrogen-bond acceptors (Lipinski definition) is 3. The summed E-state index contributed by atoms with van der Waals surface area (Å²) in [7, 11) is 0. The number of alkyl halides is 3. The first kappa shape index (κ1) is 17.3. The van der Waals surface area contributed by atoms with Gasteiger partial charge in [-0.15, -0.1) is 0 Å². The van der Waals surface area contributed by atoms with Crippen molar-refractivity contribution in [2.45, 2.75) is 38.9 Å². The van der Waals surface area contributed by atoms with Crippen LogP contribution < -0.4 is 5.32 Å². The predicted octanol–water partition coefficient (Wildman–Crippen LogP) is 0.767. The molecule has 1 aliphatic heterocycles. The Morgan fingerprint density at radius 3 is 2.43 bits per heavy atom. The van der Waals surface area contributed by atoms with Crippen molar-refractivity contribution in [2.75, 3.05) is 13.1 Å². The van der Waals surface area contributed by atoms with Crippen molar-refractivity contribution in [1.29, 1.82) is 0 Å². The van der Waals surface area contributed by atoms with Crippen LogP contribution in [0.1, 0.15) is 26.7 Å². The maximum Gasteiger partial charge on any atom is 0.406 e. The number of amides is 2. The fourth-order valence-corrected chi connectivity index (χ4v) is 1.97. The average molecular weight is 310 g/mol. The Bertz CT molecular complexity index is 448. The summed E-state index contributed by atoms with van der Waals surface area (Å²) in [4.78, 5) is 34.9. The molecule has 1 fully saturated rings.